The van der Waals surface area contributed by atoms with Crippen molar-refractivity contribution in [1.29, 1.82) is 0 Å². The zero-order valence-corrected chi connectivity index (χ0v) is 30.8. The van der Waals surface area contributed by atoms with Crippen LogP contribution in [0.1, 0.15) is 17.3 Å². The number of benzene rings is 8. The highest BCUT2D eigenvalue weighted by Crippen LogP contribution is 2.42. The van der Waals surface area contributed by atoms with Crippen molar-refractivity contribution in [3.63, 3.8) is 0 Å². The molecule has 0 spiro atoms. The molecule has 0 aliphatic carbocycles. The van der Waals surface area contributed by atoms with E-state index in [4.69, 9.17) is 9.98 Å². The summed E-state index contributed by atoms with van der Waals surface area (Å²) in [6, 6.07) is 69.0. The van der Waals surface area contributed by atoms with E-state index in [1.165, 1.54) is 32.6 Å². The lowest BCUT2D eigenvalue weighted by Gasteiger charge is -2.24. The second-order valence-electron chi connectivity index (χ2n) is 14.7. The van der Waals surface area contributed by atoms with E-state index >= 15 is 0 Å². The summed E-state index contributed by atoms with van der Waals surface area (Å²) >= 11 is 0. The van der Waals surface area contributed by atoms with Crippen LogP contribution in [0.3, 0.4) is 0 Å². The third-order valence-corrected chi connectivity index (χ3v) is 11.5. The van der Waals surface area contributed by atoms with Crippen LogP contribution >= 0.6 is 0 Å². The molecule has 1 aliphatic heterocycles. The van der Waals surface area contributed by atoms with Crippen LogP contribution in [-0.2, 0) is 0 Å². The number of nitrogens with zero attached hydrogens (tertiary/aromatic N) is 5. The largest absolute Gasteiger partial charge is 0.344 e. The van der Waals surface area contributed by atoms with Gasteiger partial charge in [-0.1, -0.05) is 140 Å². The average molecular weight is 731 g/mol. The SMILES string of the molecule is c1ccc(C2=NC(n3c4ccccc4c4ccc5c(c6ccccc6n5-c5ccc6c(c5)c5ccccc5n6-c5ccccc5)c43)=NC(c3ccccc3)N2)cc1. The van der Waals surface area contributed by atoms with Crippen molar-refractivity contribution >= 4 is 77.2 Å². The molecule has 8 aromatic carbocycles. The molecule has 0 bridgehead atoms. The Morgan fingerprint density at radius 1 is 0.404 bits per heavy atom. The van der Waals surface area contributed by atoms with E-state index < -0.39 is 0 Å². The number of fused-ring (bicyclic) bond motifs is 10. The predicted octanol–water partition coefficient (Wildman–Crippen LogP) is 11.9. The van der Waals surface area contributed by atoms with Gasteiger partial charge in [-0.3, -0.25) is 4.57 Å². The van der Waals surface area contributed by atoms with Gasteiger partial charge in [0.15, 0.2) is 0 Å². The van der Waals surface area contributed by atoms with Crippen LogP contribution in [0.15, 0.2) is 204 Å². The molecule has 4 heterocycles. The van der Waals surface area contributed by atoms with Crippen molar-refractivity contribution in [2.24, 2.45) is 9.98 Å². The van der Waals surface area contributed by atoms with Crippen molar-refractivity contribution in [2.75, 3.05) is 0 Å². The summed E-state index contributed by atoms with van der Waals surface area (Å²) in [7, 11) is 0. The first kappa shape index (κ1) is 31.6. The summed E-state index contributed by atoms with van der Waals surface area (Å²) in [5.74, 6) is 1.44. The Labute approximate surface area is 327 Å². The number of hydrogen-bond donors (Lipinski definition) is 1. The van der Waals surface area contributed by atoms with Crippen molar-refractivity contribution < 1.29 is 0 Å². The van der Waals surface area contributed by atoms with E-state index in [1.807, 2.05) is 12.1 Å². The fourth-order valence-corrected chi connectivity index (χ4v) is 9.03. The second-order valence-corrected chi connectivity index (χ2v) is 14.7. The standard InChI is InChI=1S/C51H34N6/c1-4-16-33(17-5-1)49-52-50(34-18-6-2-7-19-34)54-51(53-49)57-43-26-14-10-22-37(43)39-29-31-46-47(48(39)57)40-24-12-15-27-44(40)56(46)36-28-30-45-41(32-36)38-23-11-13-25-42(38)55(45)35-20-8-3-9-21-35/h1-32,49H,(H,52,53,54). The molecule has 0 saturated heterocycles. The van der Waals surface area contributed by atoms with Gasteiger partial charge in [0.1, 0.15) is 12.0 Å². The van der Waals surface area contributed by atoms with Gasteiger partial charge in [0.05, 0.1) is 33.1 Å². The third kappa shape index (κ3) is 4.77. The molecule has 57 heavy (non-hydrogen) atoms. The minimum atomic E-state index is -0.324. The van der Waals surface area contributed by atoms with Crippen LogP contribution in [0.25, 0.3) is 76.8 Å². The molecule has 3 aromatic heterocycles. The molecule has 11 aromatic rings. The summed E-state index contributed by atoms with van der Waals surface area (Å²) in [6.07, 6.45) is -0.324. The van der Waals surface area contributed by atoms with E-state index in [0.717, 1.165) is 61.2 Å². The normalized spacial score (nSPS) is 14.5. The zero-order chi connectivity index (χ0) is 37.5. The van der Waals surface area contributed by atoms with Crippen LogP contribution in [-0.4, -0.2) is 25.5 Å². The topological polar surface area (TPSA) is 51.5 Å². The molecular weight excluding hydrogens is 697 g/mol. The number of amidine groups is 1. The molecule has 1 unspecified atom stereocenters. The molecule has 1 atom stereocenters. The molecule has 6 heteroatoms. The van der Waals surface area contributed by atoms with Crippen LogP contribution in [0.2, 0.25) is 0 Å². The lowest BCUT2D eigenvalue weighted by atomic mass is 10.1. The van der Waals surface area contributed by atoms with E-state index in [2.05, 4.69) is 201 Å². The molecule has 1 aliphatic rings. The van der Waals surface area contributed by atoms with E-state index in [-0.39, 0.29) is 6.17 Å². The summed E-state index contributed by atoms with van der Waals surface area (Å²) in [5.41, 5.74) is 11.1. The molecule has 6 nitrogen and oxygen atoms in total. The number of aromatic nitrogens is 3. The van der Waals surface area contributed by atoms with E-state index in [9.17, 15) is 0 Å². The van der Waals surface area contributed by atoms with Crippen molar-refractivity contribution in [1.82, 2.24) is 19.0 Å². The minimum absolute atomic E-state index is 0.324. The van der Waals surface area contributed by atoms with Crippen molar-refractivity contribution in [2.45, 2.75) is 6.17 Å². The number of rotatable bonds is 4. The van der Waals surface area contributed by atoms with Gasteiger partial charge in [-0.25, -0.2) is 4.99 Å². The molecule has 268 valence electrons. The highest BCUT2D eigenvalue weighted by molar-refractivity contribution is 6.28. The predicted molar refractivity (Wildman–Crippen MR) is 236 cm³/mol. The van der Waals surface area contributed by atoms with Crippen LogP contribution in [0.4, 0.5) is 0 Å². The number of nitrogens with one attached hydrogen (secondary N) is 1. The Hall–Kier alpha value is -7.70. The smallest absolute Gasteiger partial charge is 0.234 e. The molecule has 0 radical (unpaired) electrons. The molecule has 12 rings (SSSR count). The van der Waals surface area contributed by atoms with Crippen molar-refractivity contribution in [3.8, 4) is 11.4 Å². The Kier molecular flexibility index (Phi) is 6.89. The summed E-state index contributed by atoms with van der Waals surface area (Å²) < 4.78 is 7.09. The Morgan fingerprint density at radius 2 is 0.947 bits per heavy atom. The van der Waals surface area contributed by atoms with Gasteiger partial charge >= 0.3 is 0 Å². The van der Waals surface area contributed by atoms with Crippen LogP contribution < -0.4 is 5.32 Å². The zero-order valence-electron chi connectivity index (χ0n) is 30.8. The van der Waals surface area contributed by atoms with Gasteiger partial charge in [0.2, 0.25) is 5.96 Å². The second kappa shape index (κ2) is 12.4. The maximum Gasteiger partial charge on any atom is 0.234 e. The van der Waals surface area contributed by atoms with Gasteiger partial charge in [-0.05, 0) is 60.2 Å². The molecular formula is C51H34N6. The summed E-state index contributed by atoms with van der Waals surface area (Å²) in [6.45, 7) is 0. The van der Waals surface area contributed by atoms with E-state index in [0.29, 0.717) is 5.96 Å². The lowest BCUT2D eigenvalue weighted by molar-refractivity contribution is 0.668. The molecule has 1 N–H and O–H groups in total. The van der Waals surface area contributed by atoms with Gasteiger partial charge in [0, 0.05) is 49.3 Å². The lowest BCUT2D eigenvalue weighted by Crippen LogP contribution is -2.35. The first-order chi connectivity index (χ1) is 28.3. The Balaban J connectivity index is 1.16. The van der Waals surface area contributed by atoms with Gasteiger partial charge in [-0.2, -0.15) is 4.99 Å². The Bertz CT molecular complexity index is 3420. The third-order valence-electron chi connectivity index (χ3n) is 11.5. The minimum Gasteiger partial charge on any atom is -0.344 e. The Morgan fingerprint density at radius 3 is 1.68 bits per heavy atom. The van der Waals surface area contributed by atoms with Gasteiger partial charge in [-0.15, -0.1) is 0 Å². The average Bonchev–Trinajstić information content (AvgIpc) is 3.92. The highest BCUT2D eigenvalue weighted by atomic mass is 15.3. The number of para-hydroxylation sites is 4. The van der Waals surface area contributed by atoms with Gasteiger partial charge < -0.3 is 14.5 Å². The number of hydrogen-bond acceptors (Lipinski definition) is 3. The molecule has 0 amide bonds. The first-order valence-corrected chi connectivity index (χ1v) is 19.4. The van der Waals surface area contributed by atoms with Crippen molar-refractivity contribution in [3.05, 3.63) is 205 Å². The maximum atomic E-state index is 5.38. The fourth-order valence-electron chi connectivity index (χ4n) is 9.03. The highest BCUT2D eigenvalue weighted by Gasteiger charge is 2.26. The first-order valence-electron chi connectivity index (χ1n) is 19.4. The molecule has 0 fully saturated rings. The van der Waals surface area contributed by atoms with E-state index in [1.54, 1.807) is 0 Å². The molecule has 0 saturated carbocycles. The monoisotopic (exact) mass is 730 g/mol. The summed E-state index contributed by atoms with van der Waals surface area (Å²) in [5, 5.41) is 10.8. The number of aliphatic imine (C=N–C) groups is 2. The fraction of sp³-hybridized carbons (Fsp3) is 0.0196. The quantitative estimate of drug-likeness (QED) is 0.193. The van der Waals surface area contributed by atoms with Crippen LogP contribution in [0, 0.1) is 0 Å². The summed E-state index contributed by atoms with van der Waals surface area (Å²) in [4.78, 5) is 10.7. The van der Waals surface area contributed by atoms with Gasteiger partial charge in [0.25, 0.3) is 0 Å². The van der Waals surface area contributed by atoms with Crippen LogP contribution in [0.5, 0.6) is 0 Å². The maximum absolute atomic E-state index is 5.38.